The van der Waals surface area contributed by atoms with E-state index in [1.165, 1.54) is 0 Å². The molecule has 0 amide bonds. The van der Waals surface area contributed by atoms with Crippen LogP contribution in [0.25, 0.3) is 11.2 Å². The van der Waals surface area contributed by atoms with Crippen molar-refractivity contribution < 1.29 is 14.7 Å². The van der Waals surface area contributed by atoms with E-state index in [1.54, 1.807) is 12.4 Å². The minimum absolute atomic E-state index is 0.00989. The van der Waals surface area contributed by atoms with Crippen molar-refractivity contribution >= 4 is 28.6 Å². The van der Waals surface area contributed by atoms with E-state index in [2.05, 4.69) is 29.6 Å². The number of ether oxygens (including phenoxy) is 2. The summed E-state index contributed by atoms with van der Waals surface area (Å²) in [4.78, 5) is 20.9. The highest BCUT2D eigenvalue weighted by Gasteiger charge is 2.26. The standard InChI is InChI=1S/C28H31ClN8O3/c29-20-3-1-18(2-4-20)13-24-31-9-5-26(34-24)40-21-6-10-36(11-7-21)17-25-33-23-14-19(27(30)35-38)15-32-28(23)37(25)16-22-8-12-39-22/h1-5,9,14-15,21-22,38H,6-8,10-13,16-17H2,(H2,30,35). The molecule has 1 atom stereocenters. The second kappa shape index (κ2) is 11.7. The van der Waals surface area contributed by atoms with E-state index in [4.69, 9.17) is 37.0 Å². The van der Waals surface area contributed by atoms with Crippen molar-refractivity contribution in [2.24, 2.45) is 10.9 Å². The van der Waals surface area contributed by atoms with Crippen molar-refractivity contribution in [1.82, 2.24) is 29.4 Å². The molecular formula is C28H31ClN8O3. The van der Waals surface area contributed by atoms with Crippen molar-refractivity contribution in [3.05, 3.63) is 76.6 Å². The molecule has 6 rings (SSSR count). The van der Waals surface area contributed by atoms with E-state index < -0.39 is 0 Å². The van der Waals surface area contributed by atoms with Crippen LogP contribution >= 0.6 is 11.6 Å². The van der Waals surface area contributed by atoms with Gasteiger partial charge >= 0.3 is 0 Å². The molecule has 0 spiro atoms. The fraction of sp³-hybridized carbons (Fsp3) is 0.393. The van der Waals surface area contributed by atoms with Gasteiger partial charge < -0.3 is 25.0 Å². The lowest BCUT2D eigenvalue weighted by Crippen LogP contribution is -2.39. The van der Waals surface area contributed by atoms with E-state index in [0.717, 1.165) is 67.3 Å². The van der Waals surface area contributed by atoms with Crippen LogP contribution in [0.3, 0.4) is 0 Å². The van der Waals surface area contributed by atoms with Gasteiger partial charge in [0.25, 0.3) is 0 Å². The summed E-state index contributed by atoms with van der Waals surface area (Å²) in [6.07, 6.45) is 7.02. The molecule has 2 aliphatic rings. The van der Waals surface area contributed by atoms with Gasteiger partial charge in [0.2, 0.25) is 5.88 Å². The number of nitrogens with zero attached hydrogens (tertiary/aromatic N) is 7. The Hall–Kier alpha value is -3.80. The van der Waals surface area contributed by atoms with Crippen LogP contribution in [-0.4, -0.2) is 72.4 Å². The van der Waals surface area contributed by atoms with Crippen LogP contribution in [0.4, 0.5) is 0 Å². The summed E-state index contributed by atoms with van der Waals surface area (Å²) in [5.41, 5.74) is 8.90. The molecule has 40 heavy (non-hydrogen) atoms. The molecular weight excluding hydrogens is 532 g/mol. The summed E-state index contributed by atoms with van der Waals surface area (Å²) in [6, 6.07) is 11.3. The van der Waals surface area contributed by atoms with Gasteiger partial charge in [-0.2, -0.15) is 4.98 Å². The number of pyridine rings is 1. The lowest BCUT2D eigenvalue weighted by molar-refractivity contribution is -0.0593. The normalized spacial score (nSPS) is 18.6. The highest BCUT2D eigenvalue weighted by atomic mass is 35.5. The fourth-order valence-electron chi connectivity index (χ4n) is 5.07. The number of hydrogen-bond donors (Lipinski definition) is 2. The summed E-state index contributed by atoms with van der Waals surface area (Å²) >= 11 is 6.00. The summed E-state index contributed by atoms with van der Waals surface area (Å²) < 4.78 is 14.1. The number of rotatable bonds is 9. The number of oxime groups is 1. The van der Waals surface area contributed by atoms with E-state index in [-0.39, 0.29) is 18.0 Å². The molecule has 0 saturated carbocycles. The summed E-state index contributed by atoms with van der Waals surface area (Å²) in [7, 11) is 0. The van der Waals surface area contributed by atoms with Gasteiger partial charge in [-0.15, -0.1) is 0 Å². The van der Waals surface area contributed by atoms with Crippen molar-refractivity contribution in [3.8, 4) is 5.88 Å². The van der Waals surface area contributed by atoms with Gasteiger partial charge in [0.15, 0.2) is 11.5 Å². The fourth-order valence-corrected chi connectivity index (χ4v) is 5.20. The van der Waals surface area contributed by atoms with Gasteiger partial charge in [0.1, 0.15) is 23.3 Å². The third-order valence-electron chi connectivity index (χ3n) is 7.39. The SMILES string of the molecule is NC(=NO)c1cnc2c(c1)nc(CN1CCC(Oc3ccnc(Cc4ccc(Cl)cc4)n3)CC1)n2CC1CCO1. The molecule has 0 aliphatic carbocycles. The van der Waals surface area contributed by atoms with Gasteiger partial charge in [-0.25, -0.2) is 15.0 Å². The van der Waals surface area contributed by atoms with Crippen molar-refractivity contribution in [2.75, 3.05) is 19.7 Å². The lowest BCUT2D eigenvalue weighted by atomic mass is 10.1. The van der Waals surface area contributed by atoms with Gasteiger partial charge in [-0.3, -0.25) is 4.90 Å². The van der Waals surface area contributed by atoms with Crippen molar-refractivity contribution in [1.29, 1.82) is 0 Å². The Labute approximate surface area is 236 Å². The first kappa shape index (κ1) is 26.4. The predicted octanol–water partition coefficient (Wildman–Crippen LogP) is 3.39. The molecule has 1 aromatic carbocycles. The Morgan fingerprint density at radius 3 is 2.65 bits per heavy atom. The predicted molar refractivity (Wildman–Crippen MR) is 150 cm³/mol. The van der Waals surface area contributed by atoms with E-state index >= 15 is 0 Å². The average molecular weight is 563 g/mol. The highest BCUT2D eigenvalue weighted by molar-refractivity contribution is 6.30. The average Bonchev–Trinajstić information content (AvgIpc) is 3.28. The zero-order valence-electron chi connectivity index (χ0n) is 22.0. The zero-order chi connectivity index (χ0) is 27.5. The van der Waals surface area contributed by atoms with Gasteiger partial charge in [0.05, 0.1) is 19.2 Å². The molecule has 5 heterocycles. The summed E-state index contributed by atoms with van der Waals surface area (Å²) in [5, 5.41) is 12.9. The van der Waals surface area contributed by atoms with E-state index in [1.807, 2.05) is 36.4 Å². The maximum Gasteiger partial charge on any atom is 0.216 e. The molecule has 3 aromatic heterocycles. The molecule has 3 N–H and O–H groups in total. The number of hydrogen-bond acceptors (Lipinski definition) is 9. The number of amidine groups is 1. The third-order valence-corrected chi connectivity index (χ3v) is 7.64. The molecule has 4 aromatic rings. The van der Waals surface area contributed by atoms with Crippen molar-refractivity contribution in [2.45, 2.75) is 51.0 Å². The first-order valence-corrected chi connectivity index (χ1v) is 13.8. The molecule has 1 unspecified atom stereocenters. The van der Waals surface area contributed by atoms with Crippen molar-refractivity contribution in [3.63, 3.8) is 0 Å². The Morgan fingerprint density at radius 2 is 1.93 bits per heavy atom. The molecule has 0 radical (unpaired) electrons. The topological polar surface area (TPSA) is 137 Å². The Kier molecular flexibility index (Phi) is 7.76. The number of piperidine rings is 1. The largest absolute Gasteiger partial charge is 0.474 e. The zero-order valence-corrected chi connectivity index (χ0v) is 22.7. The molecule has 11 nitrogen and oxygen atoms in total. The number of aromatic nitrogens is 5. The molecule has 2 fully saturated rings. The third kappa shape index (κ3) is 6.01. The number of likely N-dealkylation sites (tertiary alicyclic amines) is 1. The van der Waals surface area contributed by atoms with Crippen LogP contribution in [-0.2, 0) is 24.2 Å². The maximum atomic E-state index is 9.06. The first-order valence-electron chi connectivity index (χ1n) is 13.4. The number of halogens is 1. The van der Waals surface area contributed by atoms with Crippen LogP contribution in [0.2, 0.25) is 5.02 Å². The van der Waals surface area contributed by atoms with E-state index in [9.17, 15) is 0 Å². The Balaban J connectivity index is 1.09. The monoisotopic (exact) mass is 562 g/mol. The Bertz CT molecular complexity index is 1500. The summed E-state index contributed by atoms with van der Waals surface area (Å²) in [5.74, 6) is 2.26. The summed E-state index contributed by atoms with van der Waals surface area (Å²) in [6.45, 7) is 3.93. The van der Waals surface area contributed by atoms with Crippen LogP contribution in [0.15, 0.2) is 53.9 Å². The molecule has 2 saturated heterocycles. The number of imidazole rings is 1. The van der Waals surface area contributed by atoms with Crippen LogP contribution < -0.4 is 10.5 Å². The second-order valence-corrected chi connectivity index (χ2v) is 10.6. The van der Waals surface area contributed by atoms with Crippen LogP contribution in [0.1, 0.15) is 42.0 Å². The van der Waals surface area contributed by atoms with Gasteiger partial charge in [-0.1, -0.05) is 28.9 Å². The quantitative estimate of drug-likeness (QED) is 0.136. The van der Waals surface area contributed by atoms with Gasteiger partial charge in [0, 0.05) is 55.2 Å². The van der Waals surface area contributed by atoms with E-state index in [0.29, 0.717) is 36.0 Å². The lowest BCUT2D eigenvalue weighted by Gasteiger charge is -2.32. The Morgan fingerprint density at radius 1 is 1.12 bits per heavy atom. The van der Waals surface area contributed by atoms with Crippen LogP contribution in [0.5, 0.6) is 5.88 Å². The second-order valence-electron chi connectivity index (χ2n) is 10.2. The minimum atomic E-state index is 0.00989. The highest BCUT2D eigenvalue weighted by Crippen LogP contribution is 2.24. The minimum Gasteiger partial charge on any atom is -0.474 e. The molecule has 2 aliphatic heterocycles. The molecule has 208 valence electrons. The van der Waals surface area contributed by atoms with Crippen LogP contribution in [0, 0.1) is 0 Å². The maximum absolute atomic E-state index is 9.06. The molecule has 0 bridgehead atoms. The first-order chi connectivity index (χ1) is 19.5. The smallest absolute Gasteiger partial charge is 0.216 e. The number of benzene rings is 1. The number of fused-ring (bicyclic) bond motifs is 1. The van der Waals surface area contributed by atoms with Gasteiger partial charge in [-0.05, 0) is 43.0 Å². The molecule has 12 heteroatoms. The number of nitrogens with two attached hydrogens (primary N) is 1.